The van der Waals surface area contributed by atoms with Crippen molar-refractivity contribution >= 4 is 5.97 Å². The van der Waals surface area contributed by atoms with Crippen LogP contribution in [0.5, 0.6) is 0 Å². The van der Waals surface area contributed by atoms with Gasteiger partial charge in [-0.3, -0.25) is 4.79 Å². The number of rotatable bonds is 1. The molecule has 0 saturated heterocycles. The molecule has 0 bridgehead atoms. The van der Waals surface area contributed by atoms with Crippen molar-refractivity contribution in [3.63, 3.8) is 0 Å². The fraction of sp³-hybridized carbons (Fsp3) is 0.100. The summed E-state index contributed by atoms with van der Waals surface area (Å²) >= 11 is 0. The summed E-state index contributed by atoms with van der Waals surface area (Å²) in [6, 6.07) is 9.61. The van der Waals surface area contributed by atoms with Crippen LogP contribution in [0.25, 0.3) is 11.4 Å². The van der Waals surface area contributed by atoms with Gasteiger partial charge >= 0.3 is 0 Å². The average Bonchev–Trinajstić information content (AvgIpc) is 2.71. The van der Waals surface area contributed by atoms with Gasteiger partial charge in [-0.2, -0.15) is 5.16 Å². The van der Waals surface area contributed by atoms with Crippen LogP contribution in [0.2, 0.25) is 0 Å². The van der Waals surface area contributed by atoms with E-state index in [1.165, 1.54) is 0 Å². The molecule has 0 spiro atoms. The minimum Gasteiger partial charge on any atom is -0.481 e. The smallest absolute Gasteiger partial charge is 0.300 e. The molecule has 0 amide bonds. The Bertz CT molecular complexity index is 399. The zero-order valence-electron chi connectivity index (χ0n) is 8.45. The summed E-state index contributed by atoms with van der Waals surface area (Å²) in [7, 11) is 0. The fourth-order valence-corrected chi connectivity index (χ4v) is 0.852. The molecule has 1 heterocycles. The van der Waals surface area contributed by atoms with Crippen LogP contribution in [0.3, 0.4) is 0 Å². The maximum atomic E-state index is 9.00. The molecule has 0 radical (unpaired) electrons. The molecule has 0 aliphatic carbocycles. The number of carboxylic acid groups (broad SMARTS) is 1. The predicted octanol–water partition coefficient (Wildman–Crippen LogP) is 1.63. The van der Waals surface area contributed by atoms with Gasteiger partial charge in [0.25, 0.3) is 5.97 Å². The number of aromatic nitrogens is 2. The van der Waals surface area contributed by atoms with Gasteiger partial charge in [0.05, 0.1) is 6.39 Å². The third kappa shape index (κ3) is 5.41. The van der Waals surface area contributed by atoms with Crippen molar-refractivity contribution in [1.29, 1.82) is 0 Å². The van der Waals surface area contributed by atoms with Gasteiger partial charge in [-0.15, -0.1) is 0 Å². The Morgan fingerprint density at radius 3 is 2.38 bits per heavy atom. The second-order valence-electron chi connectivity index (χ2n) is 2.59. The first kappa shape index (κ1) is 14.5. The van der Waals surface area contributed by atoms with E-state index in [-0.39, 0.29) is 21.1 Å². The minimum absolute atomic E-state index is 0. The third-order valence-electron chi connectivity index (χ3n) is 1.36. The van der Waals surface area contributed by atoms with Crippen LogP contribution in [-0.2, 0) is 25.9 Å². The van der Waals surface area contributed by atoms with E-state index in [0.717, 1.165) is 12.5 Å². The van der Waals surface area contributed by atoms with Gasteiger partial charge in [-0.05, 0) is 0 Å². The number of carbonyl (C=O) groups is 1. The summed E-state index contributed by atoms with van der Waals surface area (Å²) in [6.07, 6.45) is 2.29. The average molecular weight is 389 g/mol. The summed E-state index contributed by atoms with van der Waals surface area (Å²) in [5.41, 5.74) is 0.942. The molecule has 2 rings (SSSR count). The Hall–Kier alpha value is -1.48. The molecule has 2 aromatic rings. The van der Waals surface area contributed by atoms with Crippen molar-refractivity contribution in [2.24, 2.45) is 0 Å². The quantitative estimate of drug-likeness (QED) is 0.751. The molecule has 0 fully saturated rings. The van der Waals surface area contributed by atoms with Crippen LogP contribution in [0.15, 0.2) is 34.9 Å². The zero-order chi connectivity index (χ0) is 11.1. The van der Waals surface area contributed by atoms with E-state index < -0.39 is 5.97 Å². The molecule has 0 aliphatic heterocycles. The predicted molar refractivity (Wildman–Crippen MR) is 51.9 cm³/mol. The molecule has 0 unspecified atom stereocenters. The number of nitrogens with zero attached hydrogens (tertiary/aromatic N) is 2. The maximum Gasteiger partial charge on any atom is 0.300 e. The molecule has 0 aliphatic rings. The number of hydrogen-bond acceptors (Lipinski definition) is 4. The van der Waals surface area contributed by atoms with E-state index >= 15 is 0 Å². The Labute approximate surface area is 107 Å². The van der Waals surface area contributed by atoms with Crippen LogP contribution >= 0.6 is 0 Å². The summed E-state index contributed by atoms with van der Waals surface area (Å²) < 4.78 is 4.48. The van der Waals surface area contributed by atoms with Crippen molar-refractivity contribution in [1.82, 2.24) is 10.1 Å². The van der Waals surface area contributed by atoms with Crippen molar-refractivity contribution in [3.05, 3.63) is 36.7 Å². The van der Waals surface area contributed by atoms with Gasteiger partial charge in [-0.25, -0.2) is 0 Å². The SMILES string of the molecule is CC(=O)O.[W].[c-]1nc(-c2ccccc2)no1. The number of hydrogen-bond donors (Lipinski definition) is 1. The first-order valence-electron chi connectivity index (χ1n) is 4.15. The Morgan fingerprint density at radius 2 is 1.94 bits per heavy atom. The zero-order valence-corrected chi connectivity index (χ0v) is 11.4. The standard InChI is InChI=1S/C8H5N2O.C2H4O2.W/c1-2-4-7(5-3-1)8-9-6-11-10-8;1-2(3)4;/h1-5H;1H3,(H,3,4);/q-1;;. The summed E-state index contributed by atoms with van der Waals surface area (Å²) in [4.78, 5) is 12.8. The Balaban J connectivity index is 0.000000397. The van der Waals surface area contributed by atoms with Gasteiger partial charge in [0.1, 0.15) is 0 Å². The monoisotopic (exact) mass is 389 g/mol. The third-order valence-corrected chi connectivity index (χ3v) is 1.36. The topological polar surface area (TPSA) is 76.2 Å². The largest absolute Gasteiger partial charge is 0.481 e. The molecule has 6 heteroatoms. The van der Waals surface area contributed by atoms with Crippen LogP contribution in [0.4, 0.5) is 0 Å². The molecular weight excluding hydrogens is 380 g/mol. The van der Waals surface area contributed by atoms with E-state index in [0.29, 0.717) is 5.82 Å². The molecule has 1 aromatic heterocycles. The van der Waals surface area contributed by atoms with Gasteiger partial charge in [-0.1, -0.05) is 35.9 Å². The first-order chi connectivity index (χ1) is 7.20. The van der Waals surface area contributed by atoms with E-state index in [1.54, 1.807) is 0 Å². The molecule has 16 heavy (non-hydrogen) atoms. The van der Waals surface area contributed by atoms with Crippen LogP contribution in [-0.4, -0.2) is 21.2 Å². The van der Waals surface area contributed by atoms with E-state index in [2.05, 4.69) is 21.1 Å². The van der Waals surface area contributed by atoms with Gasteiger partial charge in [0.2, 0.25) is 0 Å². The van der Waals surface area contributed by atoms with Crippen LogP contribution < -0.4 is 0 Å². The molecule has 0 saturated carbocycles. The van der Waals surface area contributed by atoms with Crippen molar-refractivity contribution in [3.8, 4) is 11.4 Å². The molecular formula is C10H9N2O3W-. The van der Waals surface area contributed by atoms with Gasteiger partial charge in [0.15, 0.2) is 0 Å². The van der Waals surface area contributed by atoms with Crippen molar-refractivity contribution in [2.75, 3.05) is 0 Å². The summed E-state index contributed by atoms with van der Waals surface area (Å²) in [5, 5.41) is 11.1. The van der Waals surface area contributed by atoms with E-state index in [9.17, 15) is 0 Å². The van der Waals surface area contributed by atoms with Crippen molar-refractivity contribution < 1.29 is 35.5 Å². The molecule has 1 aromatic carbocycles. The molecule has 0 atom stereocenters. The van der Waals surface area contributed by atoms with Crippen LogP contribution in [0.1, 0.15) is 6.92 Å². The molecule has 84 valence electrons. The van der Waals surface area contributed by atoms with E-state index in [1.807, 2.05) is 30.3 Å². The summed E-state index contributed by atoms with van der Waals surface area (Å²) in [6.45, 7) is 1.08. The van der Waals surface area contributed by atoms with Crippen molar-refractivity contribution in [2.45, 2.75) is 6.92 Å². The van der Waals surface area contributed by atoms with E-state index in [4.69, 9.17) is 9.90 Å². The Morgan fingerprint density at radius 1 is 1.38 bits per heavy atom. The second-order valence-corrected chi connectivity index (χ2v) is 2.59. The van der Waals surface area contributed by atoms with Gasteiger partial charge < -0.3 is 14.6 Å². The number of carboxylic acids is 1. The fourth-order valence-electron chi connectivity index (χ4n) is 0.852. The van der Waals surface area contributed by atoms with Gasteiger partial charge in [0, 0.05) is 33.8 Å². The normalized spacial score (nSPS) is 8.31. The second kappa shape index (κ2) is 7.76. The number of aliphatic carboxylic acids is 1. The number of benzene rings is 1. The summed E-state index contributed by atoms with van der Waals surface area (Å²) in [5.74, 6) is -0.259. The minimum atomic E-state index is -0.833. The first-order valence-corrected chi connectivity index (χ1v) is 4.15. The maximum absolute atomic E-state index is 9.00. The Kier molecular flexibility index (Phi) is 7.04. The molecule has 5 nitrogen and oxygen atoms in total. The van der Waals surface area contributed by atoms with Crippen LogP contribution in [0, 0.1) is 6.39 Å². The molecule has 1 N–H and O–H groups in total.